The number of rotatable bonds is 3. The summed E-state index contributed by atoms with van der Waals surface area (Å²) >= 11 is 5.81. The van der Waals surface area contributed by atoms with E-state index < -0.39 is 5.82 Å². The minimum atomic E-state index is -0.541. The summed E-state index contributed by atoms with van der Waals surface area (Å²) in [5.41, 5.74) is 0.239. The van der Waals surface area contributed by atoms with Crippen molar-refractivity contribution in [3.05, 3.63) is 34.6 Å². The van der Waals surface area contributed by atoms with Gasteiger partial charge in [-0.25, -0.2) is 4.39 Å². The number of carbonyl (C=O) groups excluding carboxylic acids is 2. The molecule has 4 nitrogen and oxygen atoms in total. The number of hydrogen-bond donors (Lipinski definition) is 1. The molecule has 1 aromatic carbocycles. The molecule has 2 aliphatic rings. The van der Waals surface area contributed by atoms with Crippen LogP contribution in [0, 0.1) is 17.2 Å². The molecule has 136 valence electrons. The van der Waals surface area contributed by atoms with E-state index in [9.17, 15) is 14.0 Å². The number of nitrogens with zero attached hydrogens (tertiary/aromatic N) is 1. The molecule has 0 radical (unpaired) electrons. The van der Waals surface area contributed by atoms with Gasteiger partial charge in [-0.05, 0) is 44.9 Å². The number of nitrogens with one attached hydrogen (secondary N) is 1. The van der Waals surface area contributed by atoms with Crippen LogP contribution in [-0.4, -0.2) is 35.8 Å². The first-order chi connectivity index (χ1) is 11.8. The van der Waals surface area contributed by atoms with Gasteiger partial charge >= 0.3 is 0 Å². The van der Waals surface area contributed by atoms with Crippen LogP contribution in [0.4, 0.5) is 4.39 Å². The van der Waals surface area contributed by atoms with Gasteiger partial charge in [-0.15, -0.1) is 0 Å². The normalized spacial score (nSPS) is 22.0. The predicted molar refractivity (Wildman–Crippen MR) is 95.0 cm³/mol. The molecule has 1 heterocycles. The molecule has 1 saturated carbocycles. The number of amides is 2. The first kappa shape index (κ1) is 18.2. The molecule has 25 heavy (non-hydrogen) atoms. The fraction of sp³-hybridized carbons (Fsp3) is 0.579. The molecule has 1 N–H and O–H groups in total. The quantitative estimate of drug-likeness (QED) is 0.887. The standard InChI is InChI=1S/C19H24ClFN2O2/c1-12(2)22-17(24)14-10-23(11-19(14)7-3-4-8-19)18(25)13-5-6-16(21)15(20)9-13/h5-6,9,12,14H,3-4,7-8,10-11H2,1-2H3,(H,22,24). The Balaban J connectivity index is 1.82. The molecule has 1 unspecified atom stereocenters. The van der Waals surface area contributed by atoms with Gasteiger partial charge in [0.25, 0.3) is 5.91 Å². The Hall–Kier alpha value is -1.62. The van der Waals surface area contributed by atoms with Crippen LogP contribution in [0.25, 0.3) is 0 Å². The third-order valence-corrected chi connectivity index (χ3v) is 5.74. The van der Waals surface area contributed by atoms with Crippen LogP contribution in [-0.2, 0) is 4.79 Å². The Bertz CT molecular complexity index is 686. The second-order valence-electron chi connectivity index (χ2n) is 7.60. The Morgan fingerprint density at radius 1 is 1.32 bits per heavy atom. The minimum absolute atomic E-state index is 0.0318. The maximum atomic E-state index is 13.4. The molecule has 0 aromatic heterocycles. The van der Waals surface area contributed by atoms with Gasteiger partial charge in [0.1, 0.15) is 5.82 Å². The monoisotopic (exact) mass is 366 g/mol. The van der Waals surface area contributed by atoms with Crippen LogP contribution in [0.15, 0.2) is 18.2 Å². The van der Waals surface area contributed by atoms with E-state index >= 15 is 0 Å². The van der Waals surface area contributed by atoms with Crippen molar-refractivity contribution in [2.45, 2.75) is 45.6 Å². The van der Waals surface area contributed by atoms with Crippen LogP contribution in [0.1, 0.15) is 49.9 Å². The van der Waals surface area contributed by atoms with Crippen molar-refractivity contribution < 1.29 is 14.0 Å². The molecule has 1 aromatic rings. The van der Waals surface area contributed by atoms with E-state index in [-0.39, 0.29) is 34.2 Å². The number of halogens is 2. The first-order valence-corrected chi connectivity index (χ1v) is 9.25. The van der Waals surface area contributed by atoms with Crippen molar-refractivity contribution in [1.29, 1.82) is 0 Å². The van der Waals surface area contributed by atoms with Crippen LogP contribution in [0.2, 0.25) is 5.02 Å². The van der Waals surface area contributed by atoms with Crippen LogP contribution in [0.5, 0.6) is 0 Å². The highest BCUT2D eigenvalue weighted by molar-refractivity contribution is 6.31. The summed E-state index contributed by atoms with van der Waals surface area (Å²) in [5, 5.41) is 2.94. The second kappa shape index (κ2) is 6.94. The lowest BCUT2D eigenvalue weighted by Gasteiger charge is -2.29. The van der Waals surface area contributed by atoms with Crippen molar-refractivity contribution in [2.75, 3.05) is 13.1 Å². The fourth-order valence-electron chi connectivity index (χ4n) is 4.27. The number of carbonyl (C=O) groups is 2. The summed E-state index contributed by atoms with van der Waals surface area (Å²) < 4.78 is 13.4. The van der Waals surface area contributed by atoms with Gasteiger partial charge in [0.05, 0.1) is 10.9 Å². The van der Waals surface area contributed by atoms with E-state index in [0.29, 0.717) is 18.7 Å². The fourth-order valence-corrected chi connectivity index (χ4v) is 4.45. The van der Waals surface area contributed by atoms with Gasteiger partial charge in [-0.3, -0.25) is 9.59 Å². The molecule has 1 atom stereocenters. The predicted octanol–water partition coefficient (Wildman–Crippen LogP) is 3.64. The van der Waals surface area contributed by atoms with Gasteiger partial charge in [0, 0.05) is 30.1 Å². The van der Waals surface area contributed by atoms with E-state index in [1.54, 1.807) is 4.90 Å². The zero-order valence-corrected chi connectivity index (χ0v) is 15.4. The van der Waals surface area contributed by atoms with Crippen molar-refractivity contribution >= 4 is 23.4 Å². The zero-order chi connectivity index (χ0) is 18.2. The molecule has 0 bridgehead atoms. The number of benzene rings is 1. The zero-order valence-electron chi connectivity index (χ0n) is 14.6. The van der Waals surface area contributed by atoms with Crippen molar-refractivity contribution in [3.8, 4) is 0 Å². The topological polar surface area (TPSA) is 49.4 Å². The Labute approximate surface area is 152 Å². The van der Waals surface area contributed by atoms with E-state index in [0.717, 1.165) is 25.7 Å². The molecular formula is C19H24ClFN2O2. The maximum Gasteiger partial charge on any atom is 0.253 e. The van der Waals surface area contributed by atoms with Crippen molar-refractivity contribution in [1.82, 2.24) is 10.2 Å². The van der Waals surface area contributed by atoms with E-state index in [4.69, 9.17) is 11.6 Å². The van der Waals surface area contributed by atoms with Gasteiger partial charge in [-0.1, -0.05) is 24.4 Å². The van der Waals surface area contributed by atoms with E-state index in [1.165, 1.54) is 18.2 Å². The molecular weight excluding hydrogens is 343 g/mol. The summed E-state index contributed by atoms with van der Waals surface area (Å²) in [6, 6.07) is 4.10. The molecule has 6 heteroatoms. The second-order valence-corrected chi connectivity index (χ2v) is 8.01. The molecule has 2 amide bonds. The Morgan fingerprint density at radius 2 is 2.00 bits per heavy atom. The highest BCUT2D eigenvalue weighted by Gasteiger charge is 2.52. The van der Waals surface area contributed by atoms with Crippen LogP contribution < -0.4 is 5.32 Å². The average Bonchev–Trinajstić information content (AvgIpc) is 3.17. The summed E-state index contributed by atoms with van der Waals surface area (Å²) in [6.45, 7) is 4.87. The van der Waals surface area contributed by atoms with Gasteiger partial charge in [0.15, 0.2) is 0 Å². The SMILES string of the molecule is CC(C)NC(=O)C1CN(C(=O)c2ccc(F)c(Cl)c2)CC12CCCC2. The minimum Gasteiger partial charge on any atom is -0.354 e. The third kappa shape index (κ3) is 3.52. The van der Waals surface area contributed by atoms with Gasteiger partial charge in [0.2, 0.25) is 5.91 Å². The highest BCUT2D eigenvalue weighted by atomic mass is 35.5. The third-order valence-electron chi connectivity index (χ3n) is 5.45. The van der Waals surface area contributed by atoms with Crippen LogP contribution >= 0.6 is 11.6 Å². The summed E-state index contributed by atoms with van der Waals surface area (Å²) in [7, 11) is 0. The average molecular weight is 367 g/mol. The van der Waals surface area contributed by atoms with Crippen LogP contribution in [0.3, 0.4) is 0 Å². The lowest BCUT2D eigenvalue weighted by Crippen LogP contribution is -2.42. The molecule has 1 spiro atoms. The molecule has 3 rings (SSSR count). The van der Waals surface area contributed by atoms with Gasteiger partial charge < -0.3 is 10.2 Å². The highest BCUT2D eigenvalue weighted by Crippen LogP contribution is 2.49. The van der Waals surface area contributed by atoms with Crippen molar-refractivity contribution in [3.63, 3.8) is 0 Å². The molecule has 1 aliphatic carbocycles. The van der Waals surface area contributed by atoms with E-state index in [1.807, 2.05) is 13.8 Å². The lowest BCUT2D eigenvalue weighted by atomic mass is 9.76. The molecule has 1 aliphatic heterocycles. The Kier molecular flexibility index (Phi) is 5.05. The number of hydrogen-bond acceptors (Lipinski definition) is 2. The smallest absolute Gasteiger partial charge is 0.253 e. The van der Waals surface area contributed by atoms with Gasteiger partial charge in [-0.2, -0.15) is 0 Å². The van der Waals surface area contributed by atoms with Crippen molar-refractivity contribution in [2.24, 2.45) is 11.3 Å². The lowest BCUT2D eigenvalue weighted by molar-refractivity contribution is -0.128. The summed E-state index contributed by atoms with van der Waals surface area (Å²) in [5.74, 6) is -0.879. The summed E-state index contributed by atoms with van der Waals surface area (Å²) in [6.07, 6.45) is 4.13. The first-order valence-electron chi connectivity index (χ1n) is 8.87. The maximum absolute atomic E-state index is 13.4. The van der Waals surface area contributed by atoms with E-state index in [2.05, 4.69) is 5.32 Å². The summed E-state index contributed by atoms with van der Waals surface area (Å²) in [4.78, 5) is 27.3. The Morgan fingerprint density at radius 3 is 2.60 bits per heavy atom. The largest absolute Gasteiger partial charge is 0.354 e. The molecule has 2 fully saturated rings. The molecule has 1 saturated heterocycles. The number of likely N-dealkylation sites (tertiary alicyclic amines) is 1.